The number of nitro groups is 1. The van der Waals surface area contributed by atoms with Gasteiger partial charge in [0.05, 0.1) is 4.92 Å². The van der Waals surface area contributed by atoms with Gasteiger partial charge in [-0.1, -0.05) is 25.1 Å². The molecule has 1 aromatic carbocycles. The molecule has 0 aliphatic carbocycles. The number of aromatic nitrogens is 2. The van der Waals surface area contributed by atoms with Crippen molar-refractivity contribution in [2.75, 3.05) is 29.0 Å². The molecule has 8 nitrogen and oxygen atoms in total. The van der Waals surface area contributed by atoms with Gasteiger partial charge in [-0.25, -0.2) is 0 Å². The number of para-hydroxylation sites is 1. The van der Waals surface area contributed by atoms with Crippen LogP contribution in [0.15, 0.2) is 30.3 Å². The van der Waals surface area contributed by atoms with Crippen LogP contribution < -0.4 is 16.0 Å². The van der Waals surface area contributed by atoms with E-state index in [2.05, 4.69) is 22.2 Å². The van der Waals surface area contributed by atoms with E-state index in [-0.39, 0.29) is 23.3 Å². The fourth-order valence-corrected chi connectivity index (χ4v) is 2.94. The molecule has 24 heavy (non-hydrogen) atoms. The topological polar surface area (TPSA) is 110 Å². The molecule has 3 N–H and O–H groups in total. The number of piperidine rings is 1. The average molecular weight is 328 g/mol. The highest BCUT2D eigenvalue weighted by molar-refractivity contribution is 5.72. The third-order valence-electron chi connectivity index (χ3n) is 4.06. The number of nitrogen functional groups attached to an aromatic ring is 1. The maximum atomic E-state index is 11.4. The van der Waals surface area contributed by atoms with E-state index < -0.39 is 4.92 Å². The fourth-order valence-electron chi connectivity index (χ4n) is 2.94. The molecule has 2 heterocycles. The Bertz CT molecular complexity index is 737. The maximum absolute atomic E-state index is 11.4. The molecule has 0 bridgehead atoms. The summed E-state index contributed by atoms with van der Waals surface area (Å²) in [4.78, 5) is 21.3. The lowest BCUT2D eigenvalue weighted by atomic mass is 10.0. The molecule has 1 aliphatic rings. The first-order valence-corrected chi connectivity index (χ1v) is 7.93. The fraction of sp³-hybridized carbons (Fsp3) is 0.375. The summed E-state index contributed by atoms with van der Waals surface area (Å²) in [5.41, 5.74) is 6.43. The van der Waals surface area contributed by atoms with Gasteiger partial charge in [-0.3, -0.25) is 10.1 Å². The largest absolute Gasteiger partial charge is 0.378 e. The van der Waals surface area contributed by atoms with Crippen LogP contribution in [0.5, 0.6) is 0 Å². The first-order chi connectivity index (χ1) is 11.5. The third kappa shape index (κ3) is 3.37. The van der Waals surface area contributed by atoms with Gasteiger partial charge in [-0.2, -0.15) is 9.97 Å². The first kappa shape index (κ1) is 16.0. The molecule has 0 radical (unpaired) electrons. The predicted octanol–water partition coefficient (Wildman–Crippen LogP) is 2.95. The molecule has 0 saturated carbocycles. The number of nitrogens with one attached hydrogen (secondary N) is 1. The van der Waals surface area contributed by atoms with Gasteiger partial charge in [0, 0.05) is 18.8 Å². The predicted molar refractivity (Wildman–Crippen MR) is 93.4 cm³/mol. The summed E-state index contributed by atoms with van der Waals surface area (Å²) in [7, 11) is 0. The zero-order chi connectivity index (χ0) is 17.1. The van der Waals surface area contributed by atoms with E-state index in [1.807, 2.05) is 35.2 Å². The molecule has 2 aromatic rings. The zero-order valence-corrected chi connectivity index (χ0v) is 13.5. The summed E-state index contributed by atoms with van der Waals surface area (Å²) in [5, 5.41) is 14.5. The molecule has 0 amide bonds. The zero-order valence-electron chi connectivity index (χ0n) is 13.5. The molecular weight excluding hydrogens is 308 g/mol. The molecule has 1 fully saturated rings. The number of anilines is 4. The number of benzene rings is 1. The standard InChI is InChI=1S/C16H20N6O2/c1-11-6-5-9-21(10-11)15-13(22(23)24)14(17)19-16(20-15)18-12-7-3-2-4-8-12/h2-4,7-8,11H,5-6,9-10H2,1H3,(H3,17,18,19,20). The average Bonchev–Trinajstić information content (AvgIpc) is 2.55. The van der Waals surface area contributed by atoms with Crippen molar-refractivity contribution in [3.8, 4) is 0 Å². The molecule has 126 valence electrons. The Labute approximate surface area is 139 Å². The van der Waals surface area contributed by atoms with Crippen LogP contribution in [-0.4, -0.2) is 28.0 Å². The summed E-state index contributed by atoms with van der Waals surface area (Å²) in [6.45, 7) is 3.58. The lowest BCUT2D eigenvalue weighted by molar-refractivity contribution is -0.383. The maximum Gasteiger partial charge on any atom is 0.353 e. The van der Waals surface area contributed by atoms with Crippen LogP contribution in [0.4, 0.5) is 29.0 Å². The van der Waals surface area contributed by atoms with Crippen LogP contribution in [0, 0.1) is 16.0 Å². The van der Waals surface area contributed by atoms with E-state index in [9.17, 15) is 10.1 Å². The number of nitrogens with zero attached hydrogens (tertiary/aromatic N) is 4. The second-order valence-corrected chi connectivity index (χ2v) is 6.05. The van der Waals surface area contributed by atoms with Crippen molar-refractivity contribution in [2.24, 2.45) is 5.92 Å². The van der Waals surface area contributed by atoms with Gasteiger partial charge in [0.25, 0.3) is 0 Å². The molecule has 8 heteroatoms. The Balaban J connectivity index is 1.99. The second-order valence-electron chi connectivity index (χ2n) is 6.05. The van der Waals surface area contributed by atoms with E-state index in [1.54, 1.807) is 0 Å². The Morgan fingerprint density at radius 1 is 1.33 bits per heavy atom. The summed E-state index contributed by atoms with van der Waals surface area (Å²) < 4.78 is 0. The van der Waals surface area contributed by atoms with Gasteiger partial charge in [0.15, 0.2) is 0 Å². The van der Waals surface area contributed by atoms with Crippen LogP contribution in [0.2, 0.25) is 0 Å². The lowest BCUT2D eigenvalue weighted by Gasteiger charge is -2.31. The van der Waals surface area contributed by atoms with E-state index in [4.69, 9.17) is 5.73 Å². The summed E-state index contributed by atoms with van der Waals surface area (Å²) >= 11 is 0. The van der Waals surface area contributed by atoms with Crippen molar-refractivity contribution < 1.29 is 4.92 Å². The minimum atomic E-state index is -0.504. The highest BCUT2D eigenvalue weighted by atomic mass is 16.6. The normalized spacial score (nSPS) is 17.5. The first-order valence-electron chi connectivity index (χ1n) is 7.93. The van der Waals surface area contributed by atoms with Crippen LogP contribution >= 0.6 is 0 Å². The van der Waals surface area contributed by atoms with Crippen molar-refractivity contribution in [1.29, 1.82) is 0 Å². The summed E-state index contributed by atoms with van der Waals surface area (Å²) in [6, 6.07) is 9.39. The van der Waals surface area contributed by atoms with Gasteiger partial charge in [0.2, 0.25) is 17.6 Å². The molecule has 1 aromatic heterocycles. The minimum absolute atomic E-state index is 0.123. The third-order valence-corrected chi connectivity index (χ3v) is 4.06. The van der Waals surface area contributed by atoms with Gasteiger partial charge in [-0.05, 0) is 30.9 Å². The van der Waals surface area contributed by atoms with Crippen LogP contribution in [0.25, 0.3) is 0 Å². The molecule has 1 unspecified atom stereocenters. The monoisotopic (exact) mass is 328 g/mol. The van der Waals surface area contributed by atoms with Crippen molar-refractivity contribution in [2.45, 2.75) is 19.8 Å². The van der Waals surface area contributed by atoms with Gasteiger partial charge < -0.3 is 16.0 Å². The van der Waals surface area contributed by atoms with Crippen molar-refractivity contribution in [3.05, 3.63) is 40.4 Å². The number of hydrogen-bond donors (Lipinski definition) is 2. The Morgan fingerprint density at radius 3 is 2.75 bits per heavy atom. The van der Waals surface area contributed by atoms with E-state index >= 15 is 0 Å². The quantitative estimate of drug-likeness (QED) is 0.655. The number of nitrogens with two attached hydrogens (primary N) is 1. The number of rotatable bonds is 4. The molecule has 1 atom stereocenters. The molecule has 1 aliphatic heterocycles. The minimum Gasteiger partial charge on any atom is -0.378 e. The molecule has 3 rings (SSSR count). The molecular formula is C16H20N6O2. The Kier molecular flexibility index (Phi) is 4.45. The SMILES string of the molecule is CC1CCCN(c2nc(Nc3ccccc3)nc(N)c2[N+](=O)[O-])C1. The van der Waals surface area contributed by atoms with Crippen LogP contribution in [0.1, 0.15) is 19.8 Å². The van der Waals surface area contributed by atoms with Crippen LogP contribution in [0.3, 0.4) is 0 Å². The van der Waals surface area contributed by atoms with Gasteiger partial charge in [-0.15, -0.1) is 0 Å². The number of hydrogen-bond acceptors (Lipinski definition) is 7. The highest BCUT2D eigenvalue weighted by Crippen LogP contribution is 2.34. The summed E-state index contributed by atoms with van der Waals surface area (Å²) in [6.07, 6.45) is 2.09. The molecule has 1 saturated heterocycles. The Hall–Kier alpha value is -2.90. The van der Waals surface area contributed by atoms with Crippen molar-refractivity contribution in [1.82, 2.24) is 9.97 Å². The van der Waals surface area contributed by atoms with Gasteiger partial charge >= 0.3 is 5.69 Å². The summed E-state index contributed by atoms with van der Waals surface area (Å²) in [5.74, 6) is 0.886. The second kappa shape index (κ2) is 6.69. The van der Waals surface area contributed by atoms with Gasteiger partial charge in [0.1, 0.15) is 0 Å². The van der Waals surface area contributed by atoms with Crippen LogP contribution in [-0.2, 0) is 0 Å². The van der Waals surface area contributed by atoms with Crippen molar-refractivity contribution in [3.63, 3.8) is 0 Å². The van der Waals surface area contributed by atoms with E-state index in [0.717, 1.165) is 31.6 Å². The van der Waals surface area contributed by atoms with E-state index in [0.29, 0.717) is 5.92 Å². The Morgan fingerprint density at radius 2 is 2.08 bits per heavy atom. The lowest BCUT2D eigenvalue weighted by Crippen LogP contribution is -2.35. The highest BCUT2D eigenvalue weighted by Gasteiger charge is 2.29. The smallest absolute Gasteiger partial charge is 0.353 e. The van der Waals surface area contributed by atoms with E-state index in [1.165, 1.54) is 0 Å². The van der Waals surface area contributed by atoms with Crippen molar-refractivity contribution >= 4 is 29.0 Å². The molecule has 0 spiro atoms.